The lowest BCUT2D eigenvalue weighted by Crippen LogP contribution is -2.19. The Balaban J connectivity index is 1.55. The minimum atomic E-state index is -0.228. The van der Waals surface area contributed by atoms with Crippen LogP contribution >= 0.6 is 22.6 Å². The molecule has 138 valence electrons. The van der Waals surface area contributed by atoms with Crippen molar-refractivity contribution in [3.8, 4) is 5.75 Å². The molecule has 3 aromatic rings. The first-order valence-corrected chi connectivity index (χ1v) is 9.14. The van der Waals surface area contributed by atoms with Gasteiger partial charge in [-0.05, 0) is 71.1 Å². The predicted molar refractivity (Wildman–Crippen MR) is 111 cm³/mol. The highest BCUT2D eigenvalue weighted by molar-refractivity contribution is 14.1. The van der Waals surface area contributed by atoms with E-state index in [0.717, 1.165) is 3.57 Å². The smallest absolute Gasteiger partial charge is 0.255 e. The minimum absolute atomic E-state index is 0.0332. The quantitative estimate of drug-likeness (QED) is 0.535. The Labute approximate surface area is 169 Å². The fourth-order valence-electron chi connectivity index (χ4n) is 2.34. The highest BCUT2D eigenvalue weighted by atomic mass is 127. The van der Waals surface area contributed by atoms with Crippen molar-refractivity contribution in [1.82, 2.24) is 9.78 Å². The van der Waals surface area contributed by atoms with E-state index in [9.17, 15) is 9.59 Å². The average molecular weight is 476 g/mol. The van der Waals surface area contributed by atoms with Crippen LogP contribution < -0.4 is 15.4 Å². The third kappa shape index (κ3) is 5.30. The number of nitrogens with one attached hydrogen (secondary N) is 2. The van der Waals surface area contributed by atoms with Gasteiger partial charge in [0.2, 0.25) is 5.91 Å². The Morgan fingerprint density at radius 1 is 1.04 bits per heavy atom. The van der Waals surface area contributed by atoms with Gasteiger partial charge in [-0.1, -0.05) is 0 Å². The van der Waals surface area contributed by atoms with E-state index in [4.69, 9.17) is 4.74 Å². The van der Waals surface area contributed by atoms with E-state index < -0.39 is 0 Å². The van der Waals surface area contributed by atoms with Gasteiger partial charge in [-0.15, -0.1) is 0 Å². The topological polar surface area (TPSA) is 85.2 Å². The molecule has 0 radical (unpaired) electrons. The summed E-state index contributed by atoms with van der Waals surface area (Å²) < 4.78 is 7.60. The van der Waals surface area contributed by atoms with E-state index in [1.54, 1.807) is 49.7 Å². The van der Waals surface area contributed by atoms with Crippen molar-refractivity contribution in [2.75, 3.05) is 17.7 Å². The third-order valence-corrected chi connectivity index (χ3v) is 4.40. The molecule has 0 saturated heterocycles. The number of hydrogen-bond donors (Lipinski definition) is 2. The molecule has 0 aliphatic heterocycles. The zero-order chi connectivity index (χ0) is 19.2. The molecular formula is C19H17IN4O3. The fraction of sp³-hybridized carbons (Fsp3) is 0.105. The largest absolute Gasteiger partial charge is 0.497 e. The lowest BCUT2D eigenvalue weighted by Gasteiger charge is -2.06. The Morgan fingerprint density at radius 2 is 1.74 bits per heavy atom. The molecule has 0 bridgehead atoms. The molecule has 2 N–H and O–H groups in total. The SMILES string of the molecule is COc1ccc(NC(=O)Cn2cc(NC(=O)c3ccc(I)cc3)cn2)cc1. The number of ether oxygens (including phenoxy) is 1. The summed E-state index contributed by atoms with van der Waals surface area (Å²) >= 11 is 2.18. The summed E-state index contributed by atoms with van der Waals surface area (Å²) in [7, 11) is 1.58. The van der Waals surface area contributed by atoms with Crippen molar-refractivity contribution in [3.05, 3.63) is 70.1 Å². The number of anilines is 2. The summed E-state index contributed by atoms with van der Waals surface area (Å²) in [5.74, 6) is 0.265. The van der Waals surface area contributed by atoms with Crippen LogP contribution in [0.2, 0.25) is 0 Å². The van der Waals surface area contributed by atoms with E-state index in [1.807, 2.05) is 12.1 Å². The van der Waals surface area contributed by atoms with Crippen LogP contribution in [0.1, 0.15) is 10.4 Å². The molecule has 0 aliphatic rings. The van der Waals surface area contributed by atoms with E-state index in [1.165, 1.54) is 10.9 Å². The van der Waals surface area contributed by atoms with Gasteiger partial charge in [-0.3, -0.25) is 14.3 Å². The minimum Gasteiger partial charge on any atom is -0.497 e. The number of halogens is 1. The van der Waals surface area contributed by atoms with Crippen molar-refractivity contribution < 1.29 is 14.3 Å². The second kappa shape index (κ2) is 8.67. The molecule has 3 rings (SSSR count). The molecule has 2 aromatic carbocycles. The van der Waals surface area contributed by atoms with Gasteiger partial charge >= 0.3 is 0 Å². The first kappa shape index (κ1) is 18.9. The predicted octanol–water partition coefficient (Wildman–Crippen LogP) is 3.39. The number of hydrogen-bond acceptors (Lipinski definition) is 4. The molecule has 0 aliphatic carbocycles. The van der Waals surface area contributed by atoms with Crippen LogP contribution in [0.15, 0.2) is 60.9 Å². The Hall–Kier alpha value is -2.88. The molecule has 1 aromatic heterocycles. The molecule has 0 unspecified atom stereocenters. The second-order valence-electron chi connectivity index (χ2n) is 5.66. The van der Waals surface area contributed by atoms with Gasteiger partial charge in [0, 0.05) is 21.0 Å². The van der Waals surface area contributed by atoms with Crippen molar-refractivity contribution >= 4 is 45.8 Å². The fourth-order valence-corrected chi connectivity index (χ4v) is 2.70. The molecular weight excluding hydrogens is 459 g/mol. The summed E-state index contributed by atoms with van der Waals surface area (Å²) in [6.45, 7) is 0.0332. The van der Waals surface area contributed by atoms with E-state index in [0.29, 0.717) is 22.7 Å². The molecule has 8 heteroatoms. The lowest BCUT2D eigenvalue weighted by atomic mass is 10.2. The van der Waals surface area contributed by atoms with Crippen molar-refractivity contribution in [2.24, 2.45) is 0 Å². The third-order valence-electron chi connectivity index (χ3n) is 3.68. The summed E-state index contributed by atoms with van der Waals surface area (Å²) in [5.41, 5.74) is 1.75. The highest BCUT2D eigenvalue weighted by Crippen LogP contribution is 2.15. The zero-order valence-corrected chi connectivity index (χ0v) is 16.6. The van der Waals surface area contributed by atoms with Crippen LogP contribution in [-0.2, 0) is 11.3 Å². The maximum Gasteiger partial charge on any atom is 0.255 e. The van der Waals surface area contributed by atoms with Crippen molar-refractivity contribution in [3.63, 3.8) is 0 Å². The molecule has 0 atom stereocenters. The van der Waals surface area contributed by atoms with E-state index in [2.05, 4.69) is 38.3 Å². The van der Waals surface area contributed by atoms with Gasteiger partial charge in [-0.25, -0.2) is 0 Å². The van der Waals surface area contributed by atoms with Crippen LogP contribution in [0.3, 0.4) is 0 Å². The molecule has 1 heterocycles. The number of aromatic nitrogens is 2. The average Bonchev–Trinajstić information content (AvgIpc) is 3.09. The Kier molecular flexibility index (Phi) is 6.07. The van der Waals surface area contributed by atoms with Crippen LogP contribution in [-0.4, -0.2) is 28.7 Å². The van der Waals surface area contributed by atoms with Crippen molar-refractivity contribution in [2.45, 2.75) is 6.54 Å². The van der Waals surface area contributed by atoms with Crippen LogP contribution in [0.4, 0.5) is 11.4 Å². The van der Waals surface area contributed by atoms with Crippen molar-refractivity contribution in [1.29, 1.82) is 0 Å². The molecule has 0 saturated carbocycles. The summed E-state index contributed by atoms with van der Waals surface area (Å²) in [6, 6.07) is 14.3. The first-order chi connectivity index (χ1) is 13.0. The normalized spacial score (nSPS) is 10.3. The highest BCUT2D eigenvalue weighted by Gasteiger charge is 2.09. The van der Waals surface area contributed by atoms with Gasteiger partial charge in [-0.2, -0.15) is 5.10 Å². The number of rotatable bonds is 6. The Bertz CT molecular complexity index is 936. The number of carbonyl (C=O) groups is 2. The van der Waals surface area contributed by atoms with Gasteiger partial charge in [0.15, 0.2) is 0 Å². The van der Waals surface area contributed by atoms with Gasteiger partial charge in [0.25, 0.3) is 5.91 Å². The number of nitrogens with zero attached hydrogens (tertiary/aromatic N) is 2. The number of carbonyl (C=O) groups excluding carboxylic acids is 2. The maximum atomic E-state index is 12.2. The number of amides is 2. The molecule has 27 heavy (non-hydrogen) atoms. The van der Waals surface area contributed by atoms with Crippen LogP contribution in [0.25, 0.3) is 0 Å². The monoisotopic (exact) mass is 476 g/mol. The van der Waals surface area contributed by atoms with E-state index in [-0.39, 0.29) is 18.4 Å². The van der Waals surface area contributed by atoms with Crippen LogP contribution in [0.5, 0.6) is 5.75 Å². The van der Waals surface area contributed by atoms with Crippen LogP contribution in [0, 0.1) is 3.57 Å². The van der Waals surface area contributed by atoms with E-state index >= 15 is 0 Å². The first-order valence-electron chi connectivity index (χ1n) is 8.07. The number of methoxy groups -OCH3 is 1. The Morgan fingerprint density at radius 3 is 2.41 bits per heavy atom. The van der Waals surface area contributed by atoms with Gasteiger partial charge in [0.05, 0.1) is 19.0 Å². The zero-order valence-electron chi connectivity index (χ0n) is 14.5. The summed E-state index contributed by atoms with van der Waals surface area (Å²) in [6.07, 6.45) is 3.11. The van der Waals surface area contributed by atoms with Gasteiger partial charge < -0.3 is 15.4 Å². The second-order valence-corrected chi connectivity index (χ2v) is 6.91. The molecule has 7 nitrogen and oxygen atoms in total. The molecule has 2 amide bonds. The van der Waals surface area contributed by atoms with Gasteiger partial charge in [0.1, 0.15) is 12.3 Å². The lowest BCUT2D eigenvalue weighted by molar-refractivity contribution is -0.116. The molecule has 0 fully saturated rings. The maximum absolute atomic E-state index is 12.2. The molecule has 0 spiro atoms. The summed E-state index contributed by atoms with van der Waals surface area (Å²) in [5, 5.41) is 9.65. The summed E-state index contributed by atoms with van der Waals surface area (Å²) in [4.78, 5) is 24.3. The number of benzene rings is 2. The standard InChI is InChI=1S/C19H17IN4O3/c1-27-17-8-6-15(7-9-17)22-18(25)12-24-11-16(10-21-24)23-19(26)13-2-4-14(20)5-3-13/h2-11H,12H2,1H3,(H,22,25)(H,23,26).